The van der Waals surface area contributed by atoms with Crippen LogP contribution in [0.15, 0.2) is 66.2 Å². The van der Waals surface area contributed by atoms with Crippen LogP contribution in [0.1, 0.15) is 22.3 Å². The molecule has 0 radical (unpaired) electrons. The summed E-state index contributed by atoms with van der Waals surface area (Å²) >= 11 is 1.47. The summed E-state index contributed by atoms with van der Waals surface area (Å²) < 4.78 is 11.7. The van der Waals surface area contributed by atoms with E-state index in [1.165, 1.54) is 11.3 Å². The standard InChI is InChI=1S/C21H20N2O3S/c24-20(23-11-9-19(14-23)26-21-22-10-12-27-21)17-7-4-8-18(13-17)25-15-16-5-2-1-3-6-16/h1-8,10,12-13,19H,9,11,14-15H2. The zero-order chi connectivity index (χ0) is 18.5. The molecular formula is C21H20N2O3S. The average Bonchev–Trinajstić information content (AvgIpc) is 3.39. The van der Waals surface area contributed by atoms with Crippen LogP contribution in [-0.4, -0.2) is 35.0 Å². The number of thiazole rings is 1. The van der Waals surface area contributed by atoms with Crippen LogP contribution in [0.25, 0.3) is 0 Å². The van der Waals surface area contributed by atoms with Crippen LogP contribution in [0, 0.1) is 0 Å². The number of carbonyl (C=O) groups excluding carboxylic acids is 1. The minimum atomic E-state index is -0.00221. The van der Waals surface area contributed by atoms with E-state index in [2.05, 4.69) is 4.98 Å². The Labute approximate surface area is 162 Å². The van der Waals surface area contributed by atoms with E-state index in [0.29, 0.717) is 36.2 Å². The van der Waals surface area contributed by atoms with Crippen molar-refractivity contribution < 1.29 is 14.3 Å². The number of likely N-dealkylation sites (tertiary alicyclic amines) is 1. The van der Waals surface area contributed by atoms with Gasteiger partial charge in [-0.05, 0) is 23.8 Å². The van der Waals surface area contributed by atoms with Crippen molar-refractivity contribution in [2.75, 3.05) is 13.1 Å². The second-order valence-electron chi connectivity index (χ2n) is 6.38. The Morgan fingerprint density at radius 1 is 1.19 bits per heavy atom. The Morgan fingerprint density at radius 2 is 2.07 bits per heavy atom. The minimum absolute atomic E-state index is 0.00221. The molecule has 0 N–H and O–H groups in total. The lowest BCUT2D eigenvalue weighted by Crippen LogP contribution is -2.30. The summed E-state index contributed by atoms with van der Waals surface area (Å²) in [4.78, 5) is 18.8. The molecule has 1 atom stereocenters. The van der Waals surface area contributed by atoms with Crippen LogP contribution in [0.4, 0.5) is 0 Å². The normalized spacial score (nSPS) is 16.3. The Morgan fingerprint density at radius 3 is 2.89 bits per heavy atom. The fourth-order valence-corrected chi connectivity index (χ4v) is 3.61. The molecule has 4 rings (SSSR count). The summed E-state index contributed by atoms with van der Waals surface area (Å²) in [5.41, 5.74) is 1.73. The van der Waals surface area contributed by atoms with Crippen LogP contribution in [0.5, 0.6) is 10.9 Å². The first kappa shape index (κ1) is 17.5. The van der Waals surface area contributed by atoms with Crippen molar-refractivity contribution in [2.45, 2.75) is 19.1 Å². The van der Waals surface area contributed by atoms with E-state index in [1.54, 1.807) is 12.3 Å². The topological polar surface area (TPSA) is 51.7 Å². The summed E-state index contributed by atoms with van der Waals surface area (Å²) in [5.74, 6) is 0.699. The third-order valence-corrected chi connectivity index (χ3v) is 5.10. The highest BCUT2D eigenvalue weighted by atomic mass is 32.1. The molecule has 5 nitrogen and oxygen atoms in total. The molecule has 0 aliphatic carbocycles. The van der Waals surface area contributed by atoms with Gasteiger partial charge in [0.1, 0.15) is 18.5 Å². The second kappa shape index (κ2) is 8.22. The van der Waals surface area contributed by atoms with E-state index in [9.17, 15) is 4.79 Å². The fourth-order valence-electron chi connectivity index (χ4n) is 3.06. The van der Waals surface area contributed by atoms with Crippen LogP contribution >= 0.6 is 11.3 Å². The summed E-state index contributed by atoms with van der Waals surface area (Å²) in [6, 6.07) is 17.3. The maximum absolute atomic E-state index is 12.8. The Hall–Kier alpha value is -2.86. The minimum Gasteiger partial charge on any atom is -0.489 e. The molecule has 1 aliphatic rings. The van der Waals surface area contributed by atoms with Crippen molar-refractivity contribution in [3.8, 4) is 10.9 Å². The SMILES string of the molecule is O=C(c1cccc(OCc2ccccc2)c1)N1CCC(Oc2nccs2)C1. The number of hydrogen-bond acceptors (Lipinski definition) is 5. The van der Waals surface area contributed by atoms with E-state index < -0.39 is 0 Å². The summed E-state index contributed by atoms with van der Waals surface area (Å²) in [6.07, 6.45) is 2.53. The van der Waals surface area contributed by atoms with E-state index in [1.807, 2.05) is 58.8 Å². The number of amides is 1. The van der Waals surface area contributed by atoms with Crippen LogP contribution in [0.2, 0.25) is 0 Å². The third-order valence-electron chi connectivity index (χ3n) is 4.44. The van der Waals surface area contributed by atoms with Gasteiger partial charge in [0.25, 0.3) is 11.1 Å². The lowest BCUT2D eigenvalue weighted by molar-refractivity contribution is 0.0772. The molecule has 0 bridgehead atoms. The molecule has 2 aromatic carbocycles. The van der Waals surface area contributed by atoms with E-state index in [4.69, 9.17) is 9.47 Å². The predicted molar refractivity (Wildman–Crippen MR) is 104 cm³/mol. The lowest BCUT2D eigenvalue weighted by Gasteiger charge is -2.17. The first-order valence-corrected chi connectivity index (χ1v) is 9.78. The summed E-state index contributed by atoms with van der Waals surface area (Å²) in [5, 5.41) is 2.54. The molecule has 0 saturated carbocycles. The van der Waals surface area contributed by atoms with E-state index >= 15 is 0 Å². The zero-order valence-electron chi connectivity index (χ0n) is 14.8. The first-order chi connectivity index (χ1) is 13.3. The number of benzene rings is 2. The summed E-state index contributed by atoms with van der Waals surface area (Å²) in [7, 11) is 0. The van der Waals surface area contributed by atoms with Crippen LogP contribution < -0.4 is 9.47 Å². The van der Waals surface area contributed by atoms with Gasteiger partial charge in [0, 0.05) is 30.1 Å². The van der Waals surface area contributed by atoms with Gasteiger partial charge < -0.3 is 14.4 Å². The third kappa shape index (κ3) is 4.46. The van der Waals surface area contributed by atoms with Gasteiger partial charge in [-0.25, -0.2) is 4.98 Å². The molecule has 138 valence electrons. The van der Waals surface area contributed by atoms with Crippen molar-refractivity contribution in [3.63, 3.8) is 0 Å². The number of ether oxygens (including phenoxy) is 2. The summed E-state index contributed by atoms with van der Waals surface area (Å²) in [6.45, 7) is 1.74. The van der Waals surface area contributed by atoms with Crippen LogP contribution in [-0.2, 0) is 6.61 Å². The van der Waals surface area contributed by atoms with Gasteiger partial charge in [0.05, 0.1) is 6.54 Å². The van der Waals surface area contributed by atoms with Gasteiger partial charge in [-0.1, -0.05) is 47.7 Å². The molecule has 6 heteroatoms. The number of carbonyl (C=O) groups is 1. The van der Waals surface area contributed by atoms with Crippen molar-refractivity contribution in [1.29, 1.82) is 0 Å². The molecule has 1 amide bonds. The average molecular weight is 380 g/mol. The molecule has 1 fully saturated rings. The molecule has 1 aromatic heterocycles. The van der Waals surface area contributed by atoms with Gasteiger partial charge in [-0.3, -0.25) is 4.79 Å². The van der Waals surface area contributed by atoms with Crippen molar-refractivity contribution >= 4 is 17.2 Å². The molecule has 3 aromatic rings. The smallest absolute Gasteiger partial charge is 0.273 e. The maximum atomic E-state index is 12.8. The van der Waals surface area contributed by atoms with Gasteiger partial charge in [0.2, 0.25) is 0 Å². The zero-order valence-corrected chi connectivity index (χ0v) is 15.6. The van der Waals surface area contributed by atoms with Gasteiger partial charge in [-0.2, -0.15) is 0 Å². The second-order valence-corrected chi connectivity index (χ2v) is 7.24. The number of aromatic nitrogens is 1. The lowest BCUT2D eigenvalue weighted by atomic mass is 10.2. The number of hydrogen-bond donors (Lipinski definition) is 0. The molecule has 1 saturated heterocycles. The monoisotopic (exact) mass is 380 g/mol. The highest BCUT2D eigenvalue weighted by Gasteiger charge is 2.28. The first-order valence-electron chi connectivity index (χ1n) is 8.90. The Balaban J connectivity index is 1.36. The maximum Gasteiger partial charge on any atom is 0.273 e. The van der Waals surface area contributed by atoms with Gasteiger partial charge >= 0.3 is 0 Å². The van der Waals surface area contributed by atoms with Crippen molar-refractivity contribution in [2.24, 2.45) is 0 Å². The molecule has 1 aliphatic heterocycles. The molecular weight excluding hydrogens is 360 g/mol. The molecule has 27 heavy (non-hydrogen) atoms. The predicted octanol–water partition coefficient (Wildman–Crippen LogP) is 4.02. The number of nitrogens with zero attached hydrogens (tertiary/aromatic N) is 2. The van der Waals surface area contributed by atoms with E-state index in [0.717, 1.165) is 12.0 Å². The highest BCUT2D eigenvalue weighted by molar-refractivity contribution is 7.11. The quantitative estimate of drug-likeness (QED) is 0.648. The largest absolute Gasteiger partial charge is 0.489 e. The highest BCUT2D eigenvalue weighted by Crippen LogP contribution is 2.23. The van der Waals surface area contributed by atoms with E-state index in [-0.39, 0.29) is 12.0 Å². The van der Waals surface area contributed by atoms with Gasteiger partial charge in [-0.15, -0.1) is 0 Å². The molecule has 1 unspecified atom stereocenters. The van der Waals surface area contributed by atoms with Crippen LogP contribution in [0.3, 0.4) is 0 Å². The molecule has 0 spiro atoms. The number of rotatable bonds is 6. The van der Waals surface area contributed by atoms with Crippen molar-refractivity contribution in [1.82, 2.24) is 9.88 Å². The molecule has 2 heterocycles. The Bertz CT molecular complexity index is 883. The van der Waals surface area contributed by atoms with Gasteiger partial charge in [0.15, 0.2) is 0 Å². The van der Waals surface area contributed by atoms with Crippen molar-refractivity contribution in [3.05, 3.63) is 77.3 Å². The Kier molecular flexibility index (Phi) is 5.34. The fraction of sp³-hybridized carbons (Fsp3) is 0.238.